The molecule has 0 radical (unpaired) electrons. The zero-order valence-electron chi connectivity index (χ0n) is 11.9. The second-order valence-electron chi connectivity index (χ2n) is 5.59. The van der Waals surface area contributed by atoms with E-state index >= 15 is 0 Å². The van der Waals surface area contributed by atoms with Crippen molar-refractivity contribution in [1.29, 1.82) is 0 Å². The van der Waals surface area contributed by atoms with Crippen molar-refractivity contribution < 1.29 is 13.2 Å². The first-order valence-corrected chi connectivity index (χ1v) is 6.98. The molecule has 0 amide bonds. The van der Waals surface area contributed by atoms with Crippen LogP contribution in [0.1, 0.15) is 36.9 Å². The van der Waals surface area contributed by atoms with Crippen LogP contribution in [0.3, 0.4) is 0 Å². The molecule has 0 saturated carbocycles. The standard InChI is InChI=1S/C15H21F3N2/c1-11(19-14-7-9-20(2)10-8-14)12-3-5-13(6-4-12)15(16,17)18/h3-6,11,14,19H,7-10H2,1-2H3. The van der Waals surface area contributed by atoms with Crippen LogP contribution in [0.4, 0.5) is 13.2 Å². The van der Waals surface area contributed by atoms with E-state index in [4.69, 9.17) is 0 Å². The maximum atomic E-state index is 12.5. The Balaban J connectivity index is 1.94. The molecular weight excluding hydrogens is 265 g/mol. The Labute approximate surface area is 118 Å². The fourth-order valence-corrected chi connectivity index (χ4v) is 2.59. The highest BCUT2D eigenvalue weighted by Crippen LogP contribution is 2.30. The van der Waals surface area contributed by atoms with Gasteiger partial charge in [-0.2, -0.15) is 13.2 Å². The van der Waals surface area contributed by atoms with Gasteiger partial charge in [0.1, 0.15) is 0 Å². The van der Waals surface area contributed by atoms with Crippen LogP contribution >= 0.6 is 0 Å². The first-order valence-electron chi connectivity index (χ1n) is 6.98. The van der Waals surface area contributed by atoms with Crippen molar-refractivity contribution in [2.75, 3.05) is 20.1 Å². The van der Waals surface area contributed by atoms with Crippen molar-refractivity contribution in [3.63, 3.8) is 0 Å². The fraction of sp³-hybridized carbons (Fsp3) is 0.600. The van der Waals surface area contributed by atoms with E-state index in [2.05, 4.69) is 17.3 Å². The Morgan fingerprint density at radius 1 is 1.15 bits per heavy atom. The highest BCUT2D eigenvalue weighted by atomic mass is 19.4. The molecule has 2 nitrogen and oxygen atoms in total. The number of hydrogen-bond acceptors (Lipinski definition) is 2. The summed E-state index contributed by atoms with van der Waals surface area (Å²) in [5.74, 6) is 0. The molecule has 1 heterocycles. The van der Waals surface area contributed by atoms with E-state index < -0.39 is 11.7 Å². The van der Waals surface area contributed by atoms with Crippen molar-refractivity contribution >= 4 is 0 Å². The highest BCUT2D eigenvalue weighted by Gasteiger charge is 2.30. The molecule has 0 spiro atoms. The molecule has 1 unspecified atom stereocenters. The molecule has 2 rings (SSSR count). The molecule has 1 atom stereocenters. The minimum atomic E-state index is -4.26. The number of halogens is 3. The summed E-state index contributed by atoms with van der Waals surface area (Å²) in [6, 6.07) is 5.96. The summed E-state index contributed by atoms with van der Waals surface area (Å²) in [5.41, 5.74) is 0.310. The van der Waals surface area contributed by atoms with Gasteiger partial charge < -0.3 is 10.2 Å². The van der Waals surface area contributed by atoms with Crippen LogP contribution in [-0.4, -0.2) is 31.1 Å². The molecule has 1 aliphatic heterocycles. The average Bonchev–Trinajstić information content (AvgIpc) is 2.40. The van der Waals surface area contributed by atoms with E-state index in [-0.39, 0.29) is 6.04 Å². The number of rotatable bonds is 3. The first-order chi connectivity index (χ1) is 9.36. The lowest BCUT2D eigenvalue weighted by Gasteiger charge is -2.31. The molecule has 1 aromatic carbocycles. The van der Waals surface area contributed by atoms with Gasteiger partial charge in [0, 0.05) is 12.1 Å². The number of nitrogens with zero attached hydrogens (tertiary/aromatic N) is 1. The maximum Gasteiger partial charge on any atom is 0.416 e. The molecular formula is C15H21F3N2. The number of hydrogen-bond donors (Lipinski definition) is 1. The largest absolute Gasteiger partial charge is 0.416 e. The lowest BCUT2D eigenvalue weighted by Crippen LogP contribution is -2.41. The van der Waals surface area contributed by atoms with Crippen molar-refractivity contribution in [2.24, 2.45) is 0 Å². The minimum Gasteiger partial charge on any atom is -0.307 e. The van der Waals surface area contributed by atoms with Crippen LogP contribution in [0.2, 0.25) is 0 Å². The number of piperidine rings is 1. The minimum absolute atomic E-state index is 0.0747. The molecule has 1 fully saturated rings. The van der Waals surface area contributed by atoms with E-state index in [1.165, 1.54) is 0 Å². The second-order valence-corrected chi connectivity index (χ2v) is 5.59. The molecule has 5 heteroatoms. The van der Waals surface area contributed by atoms with Crippen LogP contribution in [0.5, 0.6) is 0 Å². The van der Waals surface area contributed by atoms with E-state index in [9.17, 15) is 13.2 Å². The molecule has 1 aliphatic rings. The number of alkyl halides is 3. The van der Waals surface area contributed by atoms with Crippen molar-refractivity contribution in [2.45, 2.75) is 38.0 Å². The van der Waals surface area contributed by atoms with E-state index in [1.54, 1.807) is 12.1 Å². The van der Waals surface area contributed by atoms with E-state index in [1.807, 2.05) is 6.92 Å². The van der Waals surface area contributed by atoms with Crippen molar-refractivity contribution in [3.05, 3.63) is 35.4 Å². The van der Waals surface area contributed by atoms with Crippen LogP contribution < -0.4 is 5.32 Å². The summed E-state index contributed by atoms with van der Waals surface area (Å²) >= 11 is 0. The summed E-state index contributed by atoms with van der Waals surface area (Å²) in [6.45, 7) is 4.13. The van der Waals surface area contributed by atoms with Gasteiger partial charge in [-0.3, -0.25) is 0 Å². The predicted molar refractivity (Wildman–Crippen MR) is 73.5 cm³/mol. The molecule has 1 aromatic rings. The van der Waals surface area contributed by atoms with Crippen molar-refractivity contribution in [3.8, 4) is 0 Å². The average molecular weight is 286 g/mol. The molecule has 1 saturated heterocycles. The third-order valence-corrected chi connectivity index (χ3v) is 3.94. The molecule has 1 N–H and O–H groups in total. The summed E-state index contributed by atoms with van der Waals surface area (Å²) in [5, 5.41) is 3.51. The third kappa shape index (κ3) is 3.96. The number of benzene rings is 1. The van der Waals surface area contributed by atoms with Gasteiger partial charge in [-0.1, -0.05) is 12.1 Å². The Hall–Kier alpha value is -1.07. The summed E-state index contributed by atoms with van der Waals surface area (Å²) in [4.78, 5) is 2.29. The van der Waals surface area contributed by atoms with Gasteiger partial charge in [0.25, 0.3) is 0 Å². The first kappa shape index (κ1) is 15.3. The van der Waals surface area contributed by atoms with Gasteiger partial charge in [0.05, 0.1) is 5.56 Å². The van der Waals surface area contributed by atoms with Gasteiger partial charge in [-0.15, -0.1) is 0 Å². The topological polar surface area (TPSA) is 15.3 Å². The molecule has 20 heavy (non-hydrogen) atoms. The third-order valence-electron chi connectivity index (χ3n) is 3.94. The van der Waals surface area contributed by atoms with Crippen LogP contribution in [0.25, 0.3) is 0 Å². The zero-order chi connectivity index (χ0) is 14.8. The number of nitrogens with one attached hydrogen (secondary N) is 1. The Morgan fingerprint density at radius 3 is 2.20 bits per heavy atom. The lowest BCUT2D eigenvalue weighted by molar-refractivity contribution is -0.137. The van der Waals surface area contributed by atoms with Gasteiger partial charge in [0.15, 0.2) is 0 Å². The van der Waals surface area contributed by atoms with E-state index in [0.717, 1.165) is 43.6 Å². The van der Waals surface area contributed by atoms with Gasteiger partial charge >= 0.3 is 6.18 Å². The zero-order valence-corrected chi connectivity index (χ0v) is 11.9. The van der Waals surface area contributed by atoms with Gasteiger partial charge in [-0.25, -0.2) is 0 Å². The Kier molecular flexibility index (Phi) is 4.70. The summed E-state index contributed by atoms with van der Waals surface area (Å²) in [6.07, 6.45) is -2.09. The normalized spacial score (nSPS) is 20.1. The molecule has 0 aliphatic carbocycles. The van der Waals surface area contributed by atoms with Crippen molar-refractivity contribution in [1.82, 2.24) is 10.2 Å². The molecule has 0 bridgehead atoms. The maximum absolute atomic E-state index is 12.5. The smallest absolute Gasteiger partial charge is 0.307 e. The van der Waals surface area contributed by atoms with Crippen LogP contribution in [0, 0.1) is 0 Å². The van der Waals surface area contributed by atoms with Gasteiger partial charge in [-0.05, 0) is 57.6 Å². The molecule has 0 aromatic heterocycles. The van der Waals surface area contributed by atoms with Crippen LogP contribution in [0.15, 0.2) is 24.3 Å². The second kappa shape index (κ2) is 6.14. The highest BCUT2D eigenvalue weighted by molar-refractivity contribution is 5.26. The predicted octanol–water partition coefficient (Wildman–Crippen LogP) is 3.45. The quantitative estimate of drug-likeness (QED) is 0.915. The summed E-state index contributed by atoms with van der Waals surface area (Å²) < 4.78 is 37.5. The number of likely N-dealkylation sites (tertiary alicyclic amines) is 1. The lowest BCUT2D eigenvalue weighted by atomic mass is 10.0. The summed E-state index contributed by atoms with van der Waals surface area (Å²) in [7, 11) is 2.11. The monoisotopic (exact) mass is 286 g/mol. The fourth-order valence-electron chi connectivity index (χ4n) is 2.59. The SMILES string of the molecule is CC(NC1CCN(C)CC1)c1ccc(C(F)(F)F)cc1. The van der Waals surface area contributed by atoms with Crippen LogP contribution in [-0.2, 0) is 6.18 Å². The molecule has 112 valence electrons. The van der Waals surface area contributed by atoms with Gasteiger partial charge in [0.2, 0.25) is 0 Å². The Bertz CT molecular complexity index is 420. The van der Waals surface area contributed by atoms with E-state index in [0.29, 0.717) is 6.04 Å². The Morgan fingerprint density at radius 2 is 1.70 bits per heavy atom.